The van der Waals surface area contributed by atoms with Crippen LogP contribution in [0.5, 0.6) is 0 Å². The van der Waals surface area contributed by atoms with Crippen molar-refractivity contribution in [1.29, 1.82) is 0 Å². The van der Waals surface area contributed by atoms with E-state index >= 15 is 0 Å². The Hall–Kier alpha value is -1.18. The minimum absolute atomic E-state index is 0.177. The summed E-state index contributed by atoms with van der Waals surface area (Å²) < 4.78 is 9.14. The average molecular weight is 317 g/mol. The molecule has 0 unspecified atom stereocenters. The van der Waals surface area contributed by atoms with Gasteiger partial charge in [0.15, 0.2) is 0 Å². The normalized spacial score (nSPS) is 10.7. The van der Waals surface area contributed by atoms with Gasteiger partial charge in [-0.05, 0) is 46.1 Å². The second-order valence-electron chi connectivity index (χ2n) is 5.16. The molecule has 0 saturated heterocycles. The topological polar surface area (TPSA) is 79.9 Å². The molecule has 0 amide bonds. The Kier molecular flexibility index (Phi) is 14.0. The number of nitrogens with one attached hydrogen (secondary N) is 2. The van der Waals surface area contributed by atoms with E-state index in [9.17, 15) is 9.59 Å². The van der Waals surface area contributed by atoms with E-state index in [1.165, 1.54) is 14.2 Å². The van der Waals surface area contributed by atoms with Gasteiger partial charge in [0.1, 0.15) is 0 Å². The highest BCUT2D eigenvalue weighted by Crippen LogP contribution is 1.90. The maximum atomic E-state index is 10.9. The molecule has 0 saturated carbocycles. The quantitative estimate of drug-likeness (QED) is 0.345. The highest BCUT2D eigenvalue weighted by Gasteiger charge is 2.01. The van der Waals surface area contributed by atoms with E-state index in [0.717, 1.165) is 39.0 Å². The predicted octanol–water partition coefficient (Wildman–Crippen LogP) is 0.00380. The van der Waals surface area contributed by atoms with E-state index < -0.39 is 0 Å². The monoisotopic (exact) mass is 317 g/mol. The Morgan fingerprint density at radius 3 is 1.59 bits per heavy atom. The van der Waals surface area contributed by atoms with Crippen LogP contribution in [0.3, 0.4) is 0 Å². The molecule has 0 aliphatic carbocycles. The third-order valence-corrected chi connectivity index (χ3v) is 3.25. The molecular formula is C15H31N3O4. The summed E-state index contributed by atoms with van der Waals surface area (Å²) in [6, 6.07) is 0. The van der Waals surface area contributed by atoms with Gasteiger partial charge in [0.05, 0.1) is 27.1 Å². The lowest BCUT2D eigenvalue weighted by atomic mass is 10.3. The minimum atomic E-state index is -0.177. The third kappa shape index (κ3) is 13.8. The van der Waals surface area contributed by atoms with Crippen LogP contribution < -0.4 is 10.6 Å². The zero-order valence-electron chi connectivity index (χ0n) is 14.2. The van der Waals surface area contributed by atoms with Crippen LogP contribution in [0.15, 0.2) is 0 Å². The van der Waals surface area contributed by atoms with Gasteiger partial charge in [-0.25, -0.2) is 0 Å². The van der Waals surface area contributed by atoms with Crippen molar-refractivity contribution < 1.29 is 19.1 Å². The van der Waals surface area contributed by atoms with E-state index in [1.54, 1.807) is 0 Å². The molecule has 0 fully saturated rings. The van der Waals surface area contributed by atoms with Crippen LogP contribution in [0, 0.1) is 0 Å². The number of hydrogen-bond acceptors (Lipinski definition) is 7. The predicted molar refractivity (Wildman–Crippen MR) is 85.7 cm³/mol. The molecule has 0 aromatic rings. The summed E-state index contributed by atoms with van der Waals surface area (Å²) in [5.74, 6) is -0.353. The number of carbonyl (C=O) groups is 2. The number of methoxy groups -OCH3 is 2. The van der Waals surface area contributed by atoms with Gasteiger partial charge >= 0.3 is 11.9 Å². The van der Waals surface area contributed by atoms with E-state index in [1.807, 2.05) is 0 Å². The van der Waals surface area contributed by atoms with Crippen molar-refractivity contribution in [1.82, 2.24) is 15.5 Å². The summed E-state index contributed by atoms with van der Waals surface area (Å²) in [6.45, 7) is 5.18. The molecular weight excluding hydrogens is 286 g/mol. The van der Waals surface area contributed by atoms with Gasteiger partial charge in [-0.1, -0.05) is 0 Å². The highest BCUT2D eigenvalue weighted by molar-refractivity contribution is 5.69. The van der Waals surface area contributed by atoms with Crippen molar-refractivity contribution in [3.63, 3.8) is 0 Å². The standard InChI is InChI=1S/C15H31N3O4/c1-18(12-4-8-16-10-6-14(19)21-2)13-5-9-17-11-7-15(20)22-3/h16-17H,4-13H2,1-3H3. The fraction of sp³-hybridized carbons (Fsp3) is 0.867. The van der Waals surface area contributed by atoms with E-state index in [-0.39, 0.29) is 11.9 Å². The molecule has 0 aromatic heterocycles. The van der Waals surface area contributed by atoms with Crippen molar-refractivity contribution in [3.8, 4) is 0 Å². The lowest BCUT2D eigenvalue weighted by Crippen LogP contribution is -2.28. The maximum absolute atomic E-state index is 10.9. The number of hydrogen-bond donors (Lipinski definition) is 2. The van der Waals surface area contributed by atoms with Gasteiger partial charge in [0.2, 0.25) is 0 Å². The van der Waals surface area contributed by atoms with E-state index in [0.29, 0.717) is 25.9 Å². The smallest absolute Gasteiger partial charge is 0.306 e. The first-order valence-corrected chi connectivity index (χ1v) is 7.83. The van der Waals surface area contributed by atoms with Crippen LogP contribution in [0.25, 0.3) is 0 Å². The van der Waals surface area contributed by atoms with Gasteiger partial charge in [-0.3, -0.25) is 9.59 Å². The molecule has 0 aromatic carbocycles. The summed E-state index contributed by atoms with van der Waals surface area (Å²) in [5, 5.41) is 6.44. The van der Waals surface area contributed by atoms with Crippen LogP contribution in [0.4, 0.5) is 0 Å². The summed E-state index contributed by atoms with van der Waals surface area (Å²) in [7, 11) is 4.91. The first-order valence-electron chi connectivity index (χ1n) is 7.83. The summed E-state index contributed by atoms with van der Waals surface area (Å²) >= 11 is 0. The number of nitrogens with zero attached hydrogens (tertiary/aromatic N) is 1. The largest absolute Gasteiger partial charge is 0.469 e. The Morgan fingerprint density at radius 1 is 0.818 bits per heavy atom. The van der Waals surface area contributed by atoms with Gasteiger partial charge in [-0.2, -0.15) is 0 Å². The molecule has 0 spiro atoms. The third-order valence-electron chi connectivity index (χ3n) is 3.25. The Morgan fingerprint density at radius 2 is 1.23 bits per heavy atom. The molecule has 2 N–H and O–H groups in total. The van der Waals surface area contributed by atoms with Gasteiger partial charge in [0.25, 0.3) is 0 Å². The van der Waals surface area contributed by atoms with Crippen molar-refractivity contribution >= 4 is 11.9 Å². The molecule has 0 heterocycles. The molecule has 0 aliphatic heterocycles. The van der Waals surface area contributed by atoms with Crippen LogP contribution in [0.1, 0.15) is 25.7 Å². The van der Waals surface area contributed by atoms with Crippen molar-refractivity contribution in [2.45, 2.75) is 25.7 Å². The molecule has 130 valence electrons. The SMILES string of the molecule is COC(=O)CCNCCCN(C)CCCNCCC(=O)OC. The second kappa shape index (κ2) is 14.7. The lowest BCUT2D eigenvalue weighted by molar-refractivity contribution is -0.141. The van der Waals surface area contributed by atoms with Crippen LogP contribution in [0.2, 0.25) is 0 Å². The molecule has 7 nitrogen and oxygen atoms in total. The van der Waals surface area contributed by atoms with Crippen LogP contribution >= 0.6 is 0 Å². The Bertz CT molecular complexity index is 273. The Balaban J connectivity index is 3.27. The van der Waals surface area contributed by atoms with E-state index in [4.69, 9.17) is 0 Å². The van der Waals surface area contributed by atoms with Crippen LogP contribution in [-0.4, -0.2) is 77.4 Å². The summed E-state index contributed by atoms with van der Waals surface area (Å²) in [4.78, 5) is 24.1. The maximum Gasteiger partial charge on any atom is 0.306 e. The number of esters is 2. The highest BCUT2D eigenvalue weighted by atomic mass is 16.5. The number of carbonyl (C=O) groups excluding carboxylic acids is 2. The molecule has 0 rings (SSSR count). The molecule has 0 atom stereocenters. The first kappa shape index (κ1) is 20.8. The van der Waals surface area contributed by atoms with E-state index in [2.05, 4.69) is 32.1 Å². The molecule has 0 aliphatic rings. The molecule has 0 radical (unpaired) electrons. The van der Waals surface area contributed by atoms with Gasteiger partial charge < -0.3 is 25.0 Å². The summed E-state index contributed by atoms with van der Waals surface area (Å²) in [6.07, 6.45) is 2.94. The van der Waals surface area contributed by atoms with Gasteiger partial charge in [-0.15, -0.1) is 0 Å². The second-order valence-corrected chi connectivity index (χ2v) is 5.16. The zero-order chi connectivity index (χ0) is 16.6. The van der Waals surface area contributed by atoms with Crippen molar-refractivity contribution in [2.24, 2.45) is 0 Å². The molecule has 22 heavy (non-hydrogen) atoms. The zero-order valence-corrected chi connectivity index (χ0v) is 14.2. The number of rotatable bonds is 14. The summed E-state index contributed by atoms with van der Waals surface area (Å²) in [5.41, 5.74) is 0. The number of ether oxygens (including phenoxy) is 2. The lowest BCUT2D eigenvalue weighted by Gasteiger charge is -2.16. The molecule has 0 bridgehead atoms. The van der Waals surface area contributed by atoms with Crippen molar-refractivity contribution in [3.05, 3.63) is 0 Å². The minimum Gasteiger partial charge on any atom is -0.469 e. The fourth-order valence-electron chi connectivity index (χ4n) is 1.89. The molecule has 7 heteroatoms. The Labute approximate surface area is 133 Å². The average Bonchev–Trinajstić information content (AvgIpc) is 2.53. The fourth-order valence-corrected chi connectivity index (χ4v) is 1.89. The van der Waals surface area contributed by atoms with Crippen LogP contribution in [-0.2, 0) is 19.1 Å². The van der Waals surface area contributed by atoms with Crippen molar-refractivity contribution in [2.75, 3.05) is 60.5 Å². The van der Waals surface area contributed by atoms with Gasteiger partial charge in [0, 0.05) is 13.1 Å². The first-order chi connectivity index (χ1) is 10.6.